The summed E-state index contributed by atoms with van der Waals surface area (Å²) in [6.45, 7) is 5.74. The Morgan fingerprint density at radius 2 is 2.09 bits per heavy atom. The third-order valence-corrected chi connectivity index (χ3v) is 5.75. The van der Waals surface area contributed by atoms with E-state index in [0.29, 0.717) is 48.0 Å². The molecule has 8 heteroatoms. The van der Waals surface area contributed by atoms with Crippen LogP contribution in [-0.2, 0) is 4.74 Å². The zero-order valence-corrected chi connectivity index (χ0v) is 18.4. The smallest absolute Gasteiger partial charge is 0.259 e. The standard InChI is InChI=1S/C25H24FN5O2/c1-15-3-4-18(13-28-15)21-11-17-7-8-27-25(32)23(17)24(30-21)29-19-5-6-22(20(26)12-19)31-9-10-33-16(2)14-31/h3-8,11-13,16H,9-10,14H2,1-2H3,(H,27,32)(H,29,30)/t16-/m1/s1. The van der Waals surface area contributed by atoms with E-state index in [1.807, 2.05) is 43.0 Å². The number of pyridine rings is 3. The molecular weight excluding hydrogens is 421 g/mol. The Morgan fingerprint density at radius 3 is 2.85 bits per heavy atom. The maximum absolute atomic E-state index is 15.0. The van der Waals surface area contributed by atoms with Crippen LogP contribution in [0.15, 0.2) is 59.7 Å². The maximum atomic E-state index is 15.0. The summed E-state index contributed by atoms with van der Waals surface area (Å²) in [6.07, 6.45) is 3.40. The molecule has 3 aromatic heterocycles. The quantitative estimate of drug-likeness (QED) is 0.485. The van der Waals surface area contributed by atoms with Gasteiger partial charge in [-0.05, 0) is 61.7 Å². The molecule has 0 unspecified atom stereocenters. The summed E-state index contributed by atoms with van der Waals surface area (Å²) in [5.41, 5.74) is 3.17. The summed E-state index contributed by atoms with van der Waals surface area (Å²) in [6, 6.07) is 12.5. The number of anilines is 3. The molecule has 0 radical (unpaired) electrons. The van der Waals surface area contributed by atoms with Gasteiger partial charge < -0.3 is 19.9 Å². The van der Waals surface area contributed by atoms with Crippen LogP contribution in [0.25, 0.3) is 22.0 Å². The first-order valence-electron chi connectivity index (χ1n) is 10.9. The number of halogens is 1. The topological polar surface area (TPSA) is 83.1 Å². The molecule has 7 nitrogen and oxygen atoms in total. The first-order valence-corrected chi connectivity index (χ1v) is 10.9. The van der Waals surface area contributed by atoms with Crippen molar-refractivity contribution in [2.75, 3.05) is 29.9 Å². The monoisotopic (exact) mass is 445 g/mol. The summed E-state index contributed by atoms with van der Waals surface area (Å²) < 4.78 is 20.6. The van der Waals surface area contributed by atoms with Crippen molar-refractivity contribution in [2.24, 2.45) is 0 Å². The van der Waals surface area contributed by atoms with Crippen LogP contribution >= 0.6 is 0 Å². The molecule has 1 atom stereocenters. The fraction of sp³-hybridized carbons (Fsp3) is 0.240. The van der Waals surface area contributed by atoms with E-state index >= 15 is 4.39 Å². The third kappa shape index (κ3) is 4.29. The minimum Gasteiger partial charge on any atom is -0.375 e. The average Bonchev–Trinajstić information content (AvgIpc) is 2.79. The number of benzene rings is 1. The summed E-state index contributed by atoms with van der Waals surface area (Å²) in [4.78, 5) is 26.3. The molecule has 168 valence electrons. The molecule has 1 aliphatic heterocycles. The van der Waals surface area contributed by atoms with Crippen molar-refractivity contribution in [3.63, 3.8) is 0 Å². The Bertz CT molecular complexity index is 1370. The van der Waals surface area contributed by atoms with E-state index in [0.717, 1.165) is 16.6 Å². The normalized spacial score (nSPS) is 16.2. The number of nitrogens with one attached hydrogen (secondary N) is 2. The fourth-order valence-corrected chi connectivity index (χ4v) is 4.09. The molecule has 1 aromatic carbocycles. The van der Waals surface area contributed by atoms with Crippen LogP contribution in [0, 0.1) is 12.7 Å². The van der Waals surface area contributed by atoms with Gasteiger partial charge in [-0.25, -0.2) is 9.37 Å². The predicted molar refractivity (Wildman–Crippen MR) is 128 cm³/mol. The predicted octanol–water partition coefficient (Wildman–Crippen LogP) is 4.40. The van der Waals surface area contributed by atoms with E-state index in [2.05, 4.69) is 20.3 Å². The van der Waals surface area contributed by atoms with Gasteiger partial charge in [-0.2, -0.15) is 0 Å². The van der Waals surface area contributed by atoms with E-state index in [4.69, 9.17) is 4.74 Å². The summed E-state index contributed by atoms with van der Waals surface area (Å²) >= 11 is 0. The lowest BCUT2D eigenvalue weighted by atomic mass is 10.1. The Labute approximate surface area is 190 Å². The molecule has 1 saturated heterocycles. The van der Waals surface area contributed by atoms with Gasteiger partial charge in [0.1, 0.15) is 11.6 Å². The number of nitrogens with zero attached hydrogens (tertiary/aromatic N) is 3. The van der Waals surface area contributed by atoms with Crippen molar-refractivity contribution in [3.05, 3.63) is 76.7 Å². The Kier molecular flexibility index (Phi) is 5.51. The van der Waals surface area contributed by atoms with Crippen LogP contribution in [0.3, 0.4) is 0 Å². The number of aromatic nitrogens is 3. The van der Waals surface area contributed by atoms with Gasteiger partial charge in [-0.3, -0.25) is 9.78 Å². The van der Waals surface area contributed by atoms with E-state index in [1.54, 1.807) is 24.5 Å². The van der Waals surface area contributed by atoms with Gasteiger partial charge in [0.15, 0.2) is 0 Å². The number of aryl methyl sites for hydroxylation is 1. The van der Waals surface area contributed by atoms with Crippen molar-refractivity contribution in [1.29, 1.82) is 0 Å². The van der Waals surface area contributed by atoms with E-state index < -0.39 is 0 Å². The van der Waals surface area contributed by atoms with E-state index in [-0.39, 0.29) is 17.5 Å². The maximum Gasteiger partial charge on any atom is 0.259 e. The van der Waals surface area contributed by atoms with Gasteiger partial charge in [0.05, 0.1) is 29.5 Å². The zero-order chi connectivity index (χ0) is 22.9. The van der Waals surface area contributed by atoms with Crippen LogP contribution in [0.4, 0.5) is 21.6 Å². The molecule has 0 spiro atoms. The molecule has 33 heavy (non-hydrogen) atoms. The van der Waals surface area contributed by atoms with Crippen molar-refractivity contribution in [1.82, 2.24) is 15.0 Å². The number of hydrogen-bond donors (Lipinski definition) is 2. The molecular formula is C25H24FN5O2. The van der Waals surface area contributed by atoms with Gasteiger partial charge in [-0.15, -0.1) is 0 Å². The van der Waals surface area contributed by atoms with Crippen LogP contribution in [0.1, 0.15) is 12.6 Å². The minimum atomic E-state index is -0.341. The fourth-order valence-electron chi connectivity index (χ4n) is 4.09. The molecule has 1 fully saturated rings. The van der Waals surface area contributed by atoms with Crippen molar-refractivity contribution in [3.8, 4) is 11.3 Å². The SMILES string of the molecule is Cc1ccc(-c2cc3cc[nH]c(=O)c3c(Nc3ccc(N4CCO[C@H](C)C4)c(F)c3)n2)cn1. The second kappa shape index (κ2) is 8.63. The number of fused-ring (bicyclic) bond motifs is 1. The van der Waals surface area contributed by atoms with Crippen LogP contribution in [-0.4, -0.2) is 40.8 Å². The van der Waals surface area contributed by atoms with Crippen molar-refractivity contribution < 1.29 is 9.13 Å². The highest BCUT2D eigenvalue weighted by Crippen LogP contribution is 2.30. The number of rotatable bonds is 4. The average molecular weight is 445 g/mol. The van der Waals surface area contributed by atoms with Gasteiger partial charge in [-0.1, -0.05) is 0 Å². The zero-order valence-electron chi connectivity index (χ0n) is 18.4. The summed E-state index contributed by atoms with van der Waals surface area (Å²) in [5, 5.41) is 4.29. The second-order valence-corrected chi connectivity index (χ2v) is 8.23. The van der Waals surface area contributed by atoms with Crippen LogP contribution < -0.4 is 15.8 Å². The van der Waals surface area contributed by atoms with Crippen molar-refractivity contribution >= 4 is 28.0 Å². The highest BCUT2D eigenvalue weighted by Gasteiger charge is 2.20. The van der Waals surface area contributed by atoms with Crippen molar-refractivity contribution in [2.45, 2.75) is 20.0 Å². The van der Waals surface area contributed by atoms with E-state index in [1.165, 1.54) is 6.07 Å². The second-order valence-electron chi connectivity index (χ2n) is 8.23. The third-order valence-electron chi connectivity index (χ3n) is 5.75. The summed E-state index contributed by atoms with van der Waals surface area (Å²) in [7, 11) is 0. The Morgan fingerprint density at radius 1 is 1.21 bits per heavy atom. The Hall–Kier alpha value is -3.78. The molecule has 0 bridgehead atoms. The van der Waals surface area contributed by atoms with Gasteiger partial charge in [0.2, 0.25) is 0 Å². The van der Waals surface area contributed by atoms with Crippen LogP contribution in [0.2, 0.25) is 0 Å². The number of morpholine rings is 1. The Balaban J connectivity index is 1.53. The van der Waals surface area contributed by atoms with Crippen LogP contribution in [0.5, 0.6) is 0 Å². The lowest BCUT2D eigenvalue weighted by Crippen LogP contribution is -2.41. The van der Waals surface area contributed by atoms with Gasteiger partial charge in [0.25, 0.3) is 5.56 Å². The molecule has 0 amide bonds. The van der Waals surface area contributed by atoms with E-state index in [9.17, 15) is 4.79 Å². The molecule has 0 aliphatic carbocycles. The van der Waals surface area contributed by atoms with Gasteiger partial charge >= 0.3 is 0 Å². The lowest BCUT2D eigenvalue weighted by Gasteiger charge is -2.33. The lowest BCUT2D eigenvalue weighted by molar-refractivity contribution is 0.0530. The molecule has 4 aromatic rings. The largest absolute Gasteiger partial charge is 0.375 e. The number of aromatic amines is 1. The molecule has 0 saturated carbocycles. The minimum absolute atomic E-state index is 0.0530. The number of hydrogen-bond acceptors (Lipinski definition) is 6. The first-order chi connectivity index (χ1) is 16.0. The highest BCUT2D eigenvalue weighted by molar-refractivity contribution is 5.95. The molecule has 2 N–H and O–H groups in total. The van der Waals surface area contributed by atoms with Gasteiger partial charge in [0, 0.05) is 42.4 Å². The highest BCUT2D eigenvalue weighted by atomic mass is 19.1. The number of ether oxygens (including phenoxy) is 1. The molecule has 4 heterocycles. The molecule has 5 rings (SSSR count). The summed E-state index contributed by atoms with van der Waals surface area (Å²) in [5.74, 6) is 0.0169. The molecule has 1 aliphatic rings. The number of H-pyrrole nitrogens is 1. The first kappa shape index (κ1) is 21.1.